The summed E-state index contributed by atoms with van der Waals surface area (Å²) in [5.41, 5.74) is 1.68. The molecule has 68 valence electrons. The third-order valence-electron chi connectivity index (χ3n) is 3.44. The molecule has 0 saturated carbocycles. The van der Waals surface area contributed by atoms with E-state index in [1.807, 2.05) is 0 Å². The monoisotopic (exact) mass is 166 g/mol. The fourth-order valence-electron chi connectivity index (χ4n) is 2.54. The molecule has 1 fully saturated rings. The Morgan fingerprint density at radius 1 is 1.50 bits per heavy atom. The normalized spacial score (nSPS) is 39.1. The highest BCUT2D eigenvalue weighted by molar-refractivity contribution is 5.10. The van der Waals surface area contributed by atoms with Crippen molar-refractivity contribution < 1.29 is 4.74 Å². The van der Waals surface area contributed by atoms with Crippen LogP contribution in [0.4, 0.5) is 0 Å². The molecule has 0 spiro atoms. The van der Waals surface area contributed by atoms with Crippen molar-refractivity contribution in [1.82, 2.24) is 0 Å². The summed E-state index contributed by atoms with van der Waals surface area (Å²) in [5, 5.41) is 0. The Morgan fingerprint density at radius 2 is 2.25 bits per heavy atom. The van der Waals surface area contributed by atoms with E-state index in [-0.39, 0.29) is 5.60 Å². The van der Waals surface area contributed by atoms with E-state index in [0.717, 1.165) is 18.4 Å². The van der Waals surface area contributed by atoms with Crippen LogP contribution in [0.1, 0.15) is 33.6 Å². The number of fused-ring (bicyclic) bond motifs is 1. The van der Waals surface area contributed by atoms with Crippen LogP contribution in [0, 0.1) is 11.8 Å². The minimum absolute atomic E-state index is 0.125. The van der Waals surface area contributed by atoms with Crippen LogP contribution in [-0.2, 0) is 4.74 Å². The van der Waals surface area contributed by atoms with E-state index in [2.05, 4.69) is 26.8 Å². The third-order valence-corrected chi connectivity index (χ3v) is 3.44. The van der Waals surface area contributed by atoms with Crippen LogP contribution in [0.5, 0.6) is 0 Å². The second-order valence-electron chi connectivity index (χ2n) is 4.77. The molecule has 0 N–H and O–H groups in total. The summed E-state index contributed by atoms with van der Waals surface area (Å²) in [7, 11) is 0. The fraction of sp³-hybridized carbons (Fsp3) is 0.818. The van der Waals surface area contributed by atoms with E-state index < -0.39 is 0 Å². The largest absolute Gasteiger partial charge is 0.375 e. The minimum Gasteiger partial charge on any atom is -0.375 e. The minimum atomic E-state index is 0.125. The van der Waals surface area contributed by atoms with Gasteiger partial charge in [0.2, 0.25) is 0 Å². The molecule has 1 aliphatic heterocycles. The molecule has 0 bridgehead atoms. The predicted octanol–water partition coefficient (Wildman–Crippen LogP) is 2.77. The van der Waals surface area contributed by atoms with Crippen molar-refractivity contribution in [2.75, 3.05) is 6.61 Å². The first-order chi connectivity index (χ1) is 5.59. The first-order valence-electron chi connectivity index (χ1n) is 4.89. The lowest BCUT2D eigenvalue weighted by Gasteiger charge is -2.31. The molecule has 2 atom stereocenters. The van der Waals surface area contributed by atoms with Gasteiger partial charge in [-0.3, -0.25) is 0 Å². The number of hydrogen-bond donors (Lipinski definition) is 0. The molecule has 1 saturated heterocycles. The molecule has 2 unspecified atom stereocenters. The first-order valence-corrected chi connectivity index (χ1v) is 4.89. The summed E-state index contributed by atoms with van der Waals surface area (Å²) in [4.78, 5) is 0. The van der Waals surface area contributed by atoms with Gasteiger partial charge in [0.1, 0.15) is 0 Å². The second-order valence-corrected chi connectivity index (χ2v) is 4.77. The average molecular weight is 166 g/mol. The lowest BCUT2D eigenvalue weighted by Crippen LogP contribution is -2.31. The van der Waals surface area contributed by atoms with Crippen molar-refractivity contribution in [2.24, 2.45) is 11.8 Å². The zero-order valence-corrected chi connectivity index (χ0v) is 8.26. The summed E-state index contributed by atoms with van der Waals surface area (Å²) in [6.07, 6.45) is 4.86. The van der Waals surface area contributed by atoms with Gasteiger partial charge in [-0.25, -0.2) is 0 Å². The van der Waals surface area contributed by atoms with Gasteiger partial charge in [-0.15, -0.1) is 0 Å². The van der Waals surface area contributed by atoms with Crippen LogP contribution >= 0.6 is 0 Å². The number of hydrogen-bond acceptors (Lipinski definition) is 1. The van der Waals surface area contributed by atoms with Crippen LogP contribution in [0.15, 0.2) is 11.6 Å². The number of allylic oxidation sites excluding steroid dienone is 2. The Balaban J connectivity index is 2.19. The van der Waals surface area contributed by atoms with E-state index in [1.165, 1.54) is 12.8 Å². The number of rotatable bonds is 0. The maximum atomic E-state index is 5.80. The van der Waals surface area contributed by atoms with Gasteiger partial charge in [0.15, 0.2) is 0 Å². The third kappa shape index (κ3) is 1.20. The first kappa shape index (κ1) is 8.31. The Morgan fingerprint density at radius 3 is 3.00 bits per heavy atom. The summed E-state index contributed by atoms with van der Waals surface area (Å²) in [6, 6.07) is 0. The Bertz CT molecular complexity index is 215. The van der Waals surface area contributed by atoms with Crippen LogP contribution in [0.25, 0.3) is 0 Å². The summed E-state index contributed by atoms with van der Waals surface area (Å²) < 4.78 is 5.80. The highest BCUT2D eigenvalue weighted by Gasteiger charge is 2.43. The van der Waals surface area contributed by atoms with Crippen molar-refractivity contribution in [2.45, 2.75) is 39.2 Å². The van der Waals surface area contributed by atoms with Gasteiger partial charge in [-0.1, -0.05) is 11.6 Å². The van der Waals surface area contributed by atoms with Gasteiger partial charge in [-0.2, -0.15) is 0 Å². The molecule has 1 heteroatoms. The average Bonchev–Trinajstić information content (AvgIpc) is 2.28. The molecule has 0 radical (unpaired) electrons. The van der Waals surface area contributed by atoms with Gasteiger partial charge in [0.25, 0.3) is 0 Å². The Labute approximate surface area is 74.8 Å². The number of ether oxygens (including phenoxy) is 1. The summed E-state index contributed by atoms with van der Waals surface area (Å²) in [6.45, 7) is 7.68. The van der Waals surface area contributed by atoms with Crippen LogP contribution in [0.3, 0.4) is 0 Å². The Hall–Kier alpha value is -0.300. The zero-order valence-electron chi connectivity index (χ0n) is 8.26. The van der Waals surface area contributed by atoms with E-state index in [0.29, 0.717) is 0 Å². The topological polar surface area (TPSA) is 9.23 Å². The van der Waals surface area contributed by atoms with E-state index in [9.17, 15) is 0 Å². The SMILES string of the molecule is CC1=CCC2COC(C)(C)C2C1. The second kappa shape index (κ2) is 2.59. The summed E-state index contributed by atoms with van der Waals surface area (Å²) >= 11 is 0. The lowest BCUT2D eigenvalue weighted by atomic mass is 9.74. The molecular weight excluding hydrogens is 148 g/mol. The molecule has 1 heterocycles. The van der Waals surface area contributed by atoms with Crippen molar-refractivity contribution in [3.05, 3.63) is 11.6 Å². The van der Waals surface area contributed by atoms with Gasteiger partial charge in [0, 0.05) is 0 Å². The molecule has 12 heavy (non-hydrogen) atoms. The molecule has 0 aromatic carbocycles. The van der Waals surface area contributed by atoms with Crippen LogP contribution in [0.2, 0.25) is 0 Å². The van der Waals surface area contributed by atoms with E-state index in [4.69, 9.17) is 4.74 Å². The molecule has 1 nitrogen and oxygen atoms in total. The van der Waals surface area contributed by atoms with Gasteiger partial charge >= 0.3 is 0 Å². The molecule has 0 aromatic rings. The molecule has 1 aliphatic carbocycles. The standard InChI is InChI=1S/C11H18O/c1-8-4-5-9-7-12-11(2,3)10(9)6-8/h4,9-10H,5-7H2,1-3H3. The molecule has 0 aromatic heterocycles. The lowest BCUT2D eigenvalue weighted by molar-refractivity contribution is 0.0112. The molecule has 2 aliphatic rings. The van der Waals surface area contributed by atoms with Gasteiger partial charge in [0.05, 0.1) is 12.2 Å². The smallest absolute Gasteiger partial charge is 0.0661 e. The van der Waals surface area contributed by atoms with Crippen molar-refractivity contribution in [3.8, 4) is 0 Å². The molecular formula is C11H18O. The van der Waals surface area contributed by atoms with Crippen LogP contribution < -0.4 is 0 Å². The predicted molar refractivity (Wildman–Crippen MR) is 50.0 cm³/mol. The maximum absolute atomic E-state index is 5.80. The highest BCUT2D eigenvalue weighted by atomic mass is 16.5. The van der Waals surface area contributed by atoms with Crippen LogP contribution in [-0.4, -0.2) is 12.2 Å². The van der Waals surface area contributed by atoms with Crippen molar-refractivity contribution in [1.29, 1.82) is 0 Å². The van der Waals surface area contributed by atoms with Gasteiger partial charge in [-0.05, 0) is 45.4 Å². The van der Waals surface area contributed by atoms with Crippen molar-refractivity contribution in [3.63, 3.8) is 0 Å². The molecule has 0 amide bonds. The maximum Gasteiger partial charge on any atom is 0.0661 e. The van der Waals surface area contributed by atoms with Gasteiger partial charge < -0.3 is 4.74 Å². The van der Waals surface area contributed by atoms with Crippen molar-refractivity contribution >= 4 is 0 Å². The highest BCUT2D eigenvalue weighted by Crippen LogP contribution is 2.44. The van der Waals surface area contributed by atoms with E-state index in [1.54, 1.807) is 5.57 Å². The van der Waals surface area contributed by atoms with E-state index >= 15 is 0 Å². The Kier molecular flexibility index (Phi) is 1.80. The zero-order chi connectivity index (χ0) is 8.77. The quantitative estimate of drug-likeness (QED) is 0.503. The summed E-state index contributed by atoms with van der Waals surface area (Å²) in [5.74, 6) is 1.56. The fourth-order valence-corrected chi connectivity index (χ4v) is 2.54. The molecule has 2 rings (SSSR count).